The number of H-pyrrole nitrogens is 1. The number of rotatable bonds is 9. The summed E-state index contributed by atoms with van der Waals surface area (Å²) in [6.45, 7) is 5.46. The number of amides is 1. The minimum atomic E-state index is -0.242. The summed E-state index contributed by atoms with van der Waals surface area (Å²) in [6, 6.07) is 9.97. The third-order valence-electron chi connectivity index (χ3n) is 3.57. The van der Waals surface area contributed by atoms with Gasteiger partial charge in [-0.2, -0.15) is 0 Å². The molecule has 0 saturated heterocycles. The molecule has 0 atom stereocenters. The van der Waals surface area contributed by atoms with E-state index in [0.717, 1.165) is 18.4 Å². The second kappa shape index (κ2) is 9.32. The van der Waals surface area contributed by atoms with Crippen LogP contribution in [0.15, 0.2) is 40.3 Å². The first-order valence-electron chi connectivity index (χ1n) is 8.15. The lowest BCUT2D eigenvalue weighted by atomic mass is 10.1. The van der Waals surface area contributed by atoms with Gasteiger partial charge in [0, 0.05) is 13.1 Å². The lowest BCUT2D eigenvalue weighted by Crippen LogP contribution is -2.27. The zero-order valence-electron chi connectivity index (χ0n) is 14.1. The first kappa shape index (κ1) is 18.3. The largest absolute Gasteiger partial charge is 0.355 e. The zero-order valence-corrected chi connectivity index (χ0v) is 14.9. The van der Waals surface area contributed by atoms with Crippen molar-refractivity contribution in [1.82, 2.24) is 20.1 Å². The Bertz CT molecular complexity index is 694. The Balaban J connectivity index is 1.85. The molecule has 7 heteroatoms. The van der Waals surface area contributed by atoms with E-state index in [9.17, 15) is 9.59 Å². The standard InChI is InChI=1S/C17H24N4O2S/c1-13(2)8-10-18-15(22)12-24-17-20-19-16(23)21(17)11-9-14-6-4-3-5-7-14/h3-7,13H,8-12H2,1-2H3,(H,18,22)(H,19,23). The van der Waals surface area contributed by atoms with Crippen LogP contribution in [0, 0.1) is 5.92 Å². The van der Waals surface area contributed by atoms with Crippen LogP contribution in [0.4, 0.5) is 0 Å². The predicted molar refractivity (Wildman–Crippen MR) is 96.2 cm³/mol. The van der Waals surface area contributed by atoms with Gasteiger partial charge in [-0.1, -0.05) is 55.9 Å². The van der Waals surface area contributed by atoms with Gasteiger partial charge in [0.25, 0.3) is 0 Å². The highest BCUT2D eigenvalue weighted by atomic mass is 32.2. The summed E-state index contributed by atoms with van der Waals surface area (Å²) in [6.07, 6.45) is 1.70. The van der Waals surface area contributed by atoms with E-state index in [1.54, 1.807) is 4.57 Å². The first-order chi connectivity index (χ1) is 11.6. The number of hydrogen-bond donors (Lipinski definition) is 2. The fraction of sp³-hybridized carbons (Fsp3) is 0.471. The second-order valence-corrected chi connectivity index (χ2v) is 6.96. The number of aryl methyl sites for hydroxylation is 1. The van der Waals surface area contributed by atoms with Crippen LogP contribution in [0.2, 0.25) is 0 Å². The van der Waals surface area contributed by atoms with Crippen molar-refractivity contribution < 1.29 is 4.79 Å². The molecule has 2 rings (SSSR count). The molecule has 6 nitrogen and oxygen atoms in total. The summed E-state index contributed by atoms with van der Waals surface area (Å²) < 4.78 is 1.58. The zero-order chi connectivity index (χ0) is 17.4. The van der Waals surface area contributed by atoms with Gasteiger partial charge in [-0.15, -0.1) is 5.10 Å². The molecular formula is C17H24N4O2S. The van der Waals surface area contributed by atoms with E-state index >= 15 is 0 Å². The second-order valence-electron chi connectivity index (χ2n) is 6.02. The Morgan fingerprint density at radius 3 is 2.79 bits per heavy atom. The molecule has 1 heterocycles. The van der Waals surface area contributed by atoms with Crippen molar-refractivity contribution in [2.45, 2.75) is 38.4 Å². The van der Waals surface area contributed by atoms with E-state index in [1.807, 2.05) is 30.3 Å². The molecule has 0 aliphatic carbocycles. The maximum atomic E-state index is 11.9. The average Bonchev–Trinajstić information content (AvgIpc) is 2.91. The number of carbonyl (C=O) groups is 1. The monoisotopic (exact) mass is 348 g/mol. The van der Waals surface area contributed by atoms with Crippen molar-refractivity contribution in [1.29, 1.82) is 0 Å². The Morgan fingerprint density at radius 1 is 1.33 bits per heavy atom. The third kappa shape index (κ3) is 5.88. The third-order valence-corrected chi connectivity index (χ3v) is 4.54. The van der Waals surface area contributed by atoms with Crippen LogP contribution in [0.25, 0.3) is 0 Å². The van der Waals surface area contributed by atoms with Crippen LogP contribution in [-0.4, -0.2) is 33.0 Å². The van der Waals surface area contributed by atoms with Gasteiger partial charge < -0.3 is 5.32 Å². The van der Waals surface area contributed by atoms with Gasteiger partial charge in [-0.25, -0.2) is 9.89 Å². The van der Waals surface area contributed by atoms with E-state index in [0.29, 0.717) is 24.2 Å². The van der Waals surface area contributed by atoms with E-state index < -0.39 is 0 Å². The van der Waals surface area contributed by atoms with E-state index in [1.165, 1.54) is 11.8 Å². The van der Waals surface area contributed by atoms with E-state index in [2.05, 4.69) is 29.4 Å². The van der Waals surface area contributed by atoms with Crippen molar-refractivity contribution >= 4 is 17.7 Å². The van der Waals surface area contributed by atoms with E-state index in [-0.39, 0.29) is 17.3 Å². The maximum absolute atomic E-state index is 11.9. The summed E-state index contributed by atoms with van der Waals surface area (Å²) in [4.78, 5) is 23.7. The number of thioether (sulfide) groups is 1. The van der Waals surface area contributed by atoms with Gasteiger partial charge >= 0.3 is 5.69 Å². The summed E-state index contributed by atoms with van der Waals surface area (Å²) in [5.74, 6) is 0.784. The quantitative estimate of drug-likeness (QED) is 0.680. The molecule has 0 spiro atoms. The maximum Gasteiger partial charge on any atom is 0.343 e. The Labute approximate surface area is 146 Å². The van der Waals surface area contributed by atoms with Gasteiger partial charge in [0.15, 0.2) is 5.16 Å². The van der Waals surface area contributed by atoms with Crippen LogP contribution in [0.5, 0.6) is 0 Å². The number of nitrogens with one attached hydrogen (secondary N) is 2. The predicted octanol–water partition coefficient (Wildman–Crippen LogP) is 2.07. The minimum Gasteiger partial charge on any atom is -0.355 e. The topological polar surface area (TPSA) is 79.8 Å². The highest BCUT2D eigenvalue weighted by Gasteiger charge is 2.11. The van der Waals surface area contributed by atoms with Crippen LogP contribution < -0.4 is 11.0 Å². The molecule has 2 aromatic rings. The van der Waals surface area contributed by atoms with Crippen molar-refractivity contribution in [3.05, 3.63) is 46.4 Å². The molecule has 24 heavy (non-hydrogen) atoms. The highest BCUT2D eigenvalue weighted by Crippen LogP contribution is 2.13. The van der Waals surface area contributed by atoms with Gasteiger partial charge in [0.05, 0.1) is 5.75 Å². The lowest BCUT2D eigenvalue weighted by Gasteiger charge is -2.08. The molecule has 1 aromatic carbocycles. The van der Waals surface area contributed by atoms with Crippen molar-refractivity contribution in [3.63, 3.8) is 0 Å². The molecule has 0 radical (unpaired) electrons. The minimum absolute atomic E-state index is 0.0364. The number of benzene rings is 1. The normalized spacial score (nSPS) is 11.0. The Hall–Kier alpha value is -2.02. The molecule has 0 aliphatic heterocycles. The molecule has 1 amide bonds. The number of carbonyl (C=O) groups excluding carboxylic acids is 1. The summed E-state index contributed by atoms with van der Waals surface area (Å²) in [5.41, 5.74) is 0.918. The van der Waals surface area contributed by atoms with Gasteiger partial charge in [-0.3, -0.25) is 9.36 Å². The van der Waals surface area contributed by atoms with Crippen LogP contribution in [0.3, 0.4) is 0 Å². The van der Waals surface area contributed by atoms with Crippen LogP contribution in [-0.2, 0) is 17.8 Å². The number of aromatic nitrogens is 3. The number of hydrogen-bond acceptors (Lipinski definition) is 4. The molecule has 0 unspecified atom stereocenters. The molecule has 0 bridgehead atoms. The highest BCUT2D eigenvalue weighted by molar-refractivity contribution is 7.99. The number of aromatic amines is 1. The van der Waals surface area contributed by atoms with E-state index in [4.69, 9.17) is 0 Å². The molecule has 1 aromatic heterocycles. The molecule has 2 N–H and O–H groups in total. The fourth-order valence-corrected chi connectivity index (χ4v) is 2.98. The Kier molecular flexibility index (Phi) is 7.11. The molecule has 0 fully saturated rings. The molecule has 0 aliphatic rings. The Morgan fingerprint density at radius 2 is 2.08 bits per heavy atom. The van der Waals surface area contributed by atoms with Gasteiger partial charge in [-0.05, 0) is 24.3 Å². The van der Waals surface area contributed by atoms with Crippen molar-refractivity contribution in [2.24, 2.45) is 5.92 Å². The molecular weight excluding hydrogens is 324 g/mol. The smallest absolute Gasteiger partial charge is 0.343 e. The molecule has 0 saturated carbocycles. The number of nitrogens with zero attached hydrogens (tertiary/aromatic N) is 2. The summed E-state index contributed by atoms with van der Waals surface area (Å²) in [7, 11) is 0. The van der Waals surface area contributed by atoms with Gasteiger partial charge in [0.2, 0.25) is 5.91 Å². The fourth-order valence-electron chi connectivity index (χ4n) is 2.18. The van der Waals surface area contributed by atoms with Gasteiger partial charge in [0.1, 0.15) is 0 Å². The average molecular weight is 348 g/mol. The van der Waals surface area contributed by atoms with Crippen LogP contribution >= 0.6 is 11.8 Å². The van der Waals surface area contributed by atoms with Crippen molar-refractivity contribution in [2.75, 3.05) is 12.3 Å². The summed E-state index contributed by atoms with van der Waals surface area (Å²) in [5, 5.41) is 9.91. The van der Waals surface area contributed by atoms with Crippen molar-refractivity contribution in [3.8, 4) is 0 Å². The SMILES string of the molecule is CC(C)CCNC(=O)CSc1n[nH]c(=O)n1CCc1ccccc1. The first-order valence-corrected chi connectivity index (χ1v) is 9.13. The molecule has 130 valence electrons. The van der Waals surface area contributed by atoms with Crippen LogP contribution in [0.1, 0.15) is 25.8 Å². The lowest BCUT2D eigenvalue weighted by molar-refractivity contribution is -0.118. The summed E-state index contributed by atoms with van der Waals surface area (Å²) >= 11 is 1.28.